The number of unbranched alkanes of at least 4 members (excludes halogenated alkanes) is 6. The molecule has 0 aliphatic rings. The summed E-state index contributed by atoms with van der Waals surface area (Å²) in [6, 6.07) is 0. The number of rotatable bonds is 14. The fourth-order valence-electron chi connectivity index (χ4n) is 2.15. The van der Waals surface area contributed by atoms with Gasteiger partial charge in [-0.25, -0.2) is 0 Å². The molecule has 0 spiro atoms. The van der Waals surface area contributed by atoms with Gasteiger partial charge in [-0.1, -0.05) is 84.2 Å². The van der Waals surface area contributed by atoms with Crippen LogP contribution < -0.4 is 0 Å². The van der Waals surface area contributed by atoms with E-state index in [0.717, 1.165) is 32.1 Å². The van der Waals surface area contributed by atoms with Gasteiger partial charge < -0.3 is 9.47 Å². The van der Waals surface area contributed by atoms with Crippen molar-refractivity contribution in [2.24, 2.45) is 0 Å². The second kappa shape index (κ2) is 16.3. The van der Waals surface area contributed by atoms with Crippen LogP contribution >= 0.6 is 45.2 Å². The zero-order valence-electron chi connectivity index (χ0n) is 13.5. The third-order valence-electron chi connectivity index (χ3n) is 3.41. The highest BCUT2D eigenvalue weighted by atomic mass is 127. The molecule has 0 aliphatic carbocycles. The first-order chi connectivity index (χ1) is 10.6. The van der Waals surface area contributed by atoms with Gasteiger partial charge in [-0.2, -0.15) is 0 Å². The summed E-state index contributed by atoms with van der Waals surface area (Å²) in [7, 11) is 0. The van der Waals surface area contributed by atoms with Crippen LogP contribution in [0.4, 0.5) is 0 Å². The van der Waals surface area contributed by atoms with E-state index < -0.39 is 0 Å². The SMILES string of the molecule is CCC(CCCCCCCCCOC(=O)CI)OC(=O)CI. The van der Waals surface area contributed by atoms with Crippen LogP contribution in [-0.2, 0) is 19.1 Å². The summed E-state index contributed by atoms with van der Waals surface area (Å²) in [6.45, 7) is 2.62. The van der Waals surface area contributed by atoms with Gasteiger partial charge in [-0.3, -0.25) is 9.59 Å². The van der Waals surface area contributed by atoms with Crippen molar-refractivity contribution in [2.45, 2.75) is 70.8 Å². The summed E-state index contributed by atoms with van der Waals surface area (Å²) in [5.41, 5.74) is 0. The molecule has 0 saturated heterocycles. The van der Waals surface area contributed by atoms with Crippen LogP contribution in [0, 0.1) is 0 Å². The lowest BCUT2D eigenvalue weighted by molar-refractivity contribution is -0.146. The van der Waals surface area contributed by atoms with E-state index in [1.807, 2.05) is 45.2 Å². The molecule has 0 aliphatic heterocycles. The van der Waals surface area contributed by atoms with E-state index in [0.29, 0.717) is 15.5 Å². The number of alkyl halides is 2. The summed E-state index contributed by atoms with van der Waals surface area (Å²) in [5, 5.41) is 0. The van der Waals surface area contributed by atoms with Crippen LogP contribution in [0.2, 0.25) is 0 Å². The molecule has 0 aromatic rings. The van der Waals surface area contributed by atoms with Crippen molar-refractivity contribution in [2.75, 3.05) is 15.5 Å². The minimum Gasteiger partial charge on any atom is -0.465 e. The van der Waals surface area contributed by atoms with Gasteiger partial charge in [0.1, 0.15) is 6.10 Å². The molecule has 0 N–H and O–H groups in total. The molecule has 130 valence electrons. The molecule has 22 heavy (non-hydrogen) atoms. The predicted molar refractivity (Wildman–Crippen MR) is 106 cm³/mol. The van der Waals surface area contributed by atoms with Crippen molar-refractivity contribution in [3.63, 3.8) is 0 Å². The molecule has 0 amide bonds. The Morgan fingerprint density at radius 1 is 0.864 bits per heavy atom. The van der Waals surface area contributed by atoms with Crippen molar-refractivity contribution < 1.29 is 19.1 Å². The first kappa shape index (κ1) is 22.4. The smallest absolute Gasteiger partial charge is 0.316 e. The Hall–Kier alpha value is 0.400. The molecular formula is C16H28I2O4. The van der Waals surface area contributed by atoms with Gasteiger partial charge in [0.05, 0.1) is 15.5 Å². The molecule has 0 aromatic carbocycles. The third-order valence-corrected chi connectivity index (χ3v) is 4.65. The standard InChI is InChI=1S/C16H28I2O4/c1-2-14(22-16(20)13-18)10-8-6-4-3-5-7-9-11-21-15(19)12-17/h14H,2-13H2,1H3. The Bertz CT molecular complexity index is 298. The first-order valence-electron chi connectivity index (χ1n) is 8.11. The van der Waals surface area contributed by atoms with E-state index in [1.165, 1.54) is 25.7 Å². The summed E-state index contributed by atoms with van der Waals surface area (Å²) in [5.74, 6) is -0.218. The van der Waals surface area contributed by atoms with Gasteiger partial charge in [0.15, 0.2) is 0 Å². The van der Waals surface area contributed by atoms with E-state index >= 15 is 0 Å². The van der Waals surface area contributed by atoms with E-state index in [9.17, 15) is 9.59 Å². The fourth-order valence-corrected chi connectivity index (χ4v) is 2.55. The Morgan fingerprint density at radius 3 is 1.95 bits per heavy atom. The van der Waals surface area contributed by atoms with E-state index in [-0.39, 0.29) is 18.0 Å². The van der Waals surface area contributed by atoms with E-state index in [4.69, 9.17) is 9.47 Å². The summed E-state index contributed by atoms with van der Waals surface area (Å²) >= 11 is 4.05. The van der Waals surface area contributed by atoms with Gasteiger partial charge in [0.2, 0.25) is 0 Å². The highest BCUT2D eigenvalue weighted by molar-refractivity contribution is 14.1. The summed E-state index contributed by atoms with van der Waals surface area (Å²) in [6.07, 6.45) is 10.0. The Labute approximate surface area is 161 Å². The van der Waals surface area contributed by atoms with Gasteiger partial charge in [0, 0.05) is 0 Å². The van der Waals surface area contributed by atoms with Crippen LogP contribution in [0.25, 0.3) is 0 Å². The van der Waals surface area contributed by atoms with Crippen LogP contribution in [0.15, 0.2) is 0 Å². The van der Waals surface area contributed by atoms with Gasteiger partial charge in [-0.05, 0) is 25.7 Å². The predicted octanol–water partition coefficient (Wildman–Crippen LogP) is 4.84. The lowest BCUT2D eigenvalue weighted by Gasteiger charge is -2.15. The fraction of sp³-hybridized carbons (Fsp3) is 0.875. The molecular weight excluding hydrogens is 510 g/mol. The number of halogens is 2. The molecule has 1 unspecified atom stereocenters. The maximum absolute atomic E-state index is 11.2. The topological polar surface area (TPSA) is 52.6 Å². The number of carbonyl (C=O) groups is 2. The maximum Gasteiger partial charge on any atom is 0.316 e. The average Bonchev–Trinajstić information content (AvgIpc) is 2.54. The third kappa shape index (κ3) is 14.0. The van der Waals surface area contributed by atoms with Crippen LogP contribution in [0.3, 0.4) is 0 Å². The number of carbonyl (C=O) groups excluding carboxylic acids is 2. The summed E-state index contributed by atoms with van der Waals surface area (Å²) in [4.78, 5) is 22.2. The quantitative estimate of drug-likeness (QED) is 0.138. The van der Waals surface area contributed by atoms with Gasteiger partial charge in [0.25, 0.3) is 0 Å². The molecule has 0 heterocycles. The zero-order valence-corrected chi connectivity index (χ0v) is 17.8. The number of hydrogen-bond acceptors (Lipinski definition) is 4. The molecule has 4 nitrogen and oxygen atoms in total. The first-order valence-corrected chi connectivity index (χ1v) is 11.2. The molecule has 0 rings (SSSR count). The normalized spacial score (nSPS) is 12.0. The molecule has 0 saturated carbocycles. The second-order valence-corrected chi connectivity index (χ2v) is 6.80. The van der Waals surface area contributed by atoms with E-state index in [2.05, 4.69) is 6.92 Å². The molecule has 0 fully saturated rings. The van der Waals surface area contributed by atoms with Crippen molar-refractivity contribution in [1.29, 1.82) is 0 Å². The number of esters is 2. The Balaban J connectivity index is 3.35. The van der Waals surface area contributed by atoms with Crippen LogP contribution in [0.1, 0.15) is 64.7 Å². The monoisotopic (exact) mass is 538 g/mol. The zero-order chi connectivity index (χ0) is 16.6. The molecule has 0 bridgehead atoms. The maximum atomic E-state index is 11.2. The molecule has 0 aromatic heterocycles. The Kier molecular flexibility index (Phi) is 16.6. The highest BCUT2D eigenvalue weighted by Gasteiger charge is 2.10. The van der Waals surface area contributed by atoms with Gasteiger partial charge >= 0.3 is 11.9 Å². The van der Waals surface area contributed by atoms with E-state index in [1.54, 1.807) is 0 Å². The lowest BCUT2D eigenvalue weighted by atomic mass is 10.1. The molecule has 1 atom stereocenters. The average molecular weight is 538 g/mol. The van der Waals surface area contributed by atoms with Crippen molar-refractivity contribution >= 4 is 57.1 Å². The van der Waals surface area contributed by atoms with Crippen molar-refractivity contribution in [3.05, 3.63) is 0 Å². The number of ether oxygens (including phenoxy) is 2. The molecule has 0 radical (unpaired) electrons. The molecule has 6 heteroatoms. The Morgan fingerprint density at radius 2 is 1.41 bits per heavy atom. The number of hydrogen-bond donors (Lipinski definition) is 0. The largest absolute Gasteiger partial charge is 0.465 e. The lowest BCUT2D eigenvalue weighted by Crippen LogP contribution is -2.18. The van der Waals surface area contributed by atoms with Gasteiger partial charge in [-0.15, -0.1) is 0 Å². The van der Waals surface area contributed by atoms with Crippen LogP contribution in [-0.4, -0.2) is 33.5 Å². The second-order valence-electron chi connectivity index (χ2n) is 5.27. The minimum absolute atomic E-state index is 0.0925. The van der Waals surface area contributed by atoms with Crippen LogP contribution in [0.5, 0.6) is 0 Å². The van der Waals surface area contributed by atoms with Crippen molar-refractivity contribution in [1.82, 2.24) is 0 Å². The summed E-state index contributed by atoms with van der Waals surface area (Å²) < 4.78 is 11.3. The van der Waals surface area contributed by atoms with Crippen molar-refractivity contribution in [3.8, 4) is 0 Å². The highest BCUT2D eigenvalue weighted by Crippen LogP contribution is 2.13. The minimum atomic E-state index is -0.116.